The van der Waals surface area contributed by atoms with E-state index in [1.807, 2.05) is 47.2 Å². The van der Waals surface area contributed by atoms with Gasteiger partial charge in [-0.2, -0.15) is 5.10 Å². The number of furan rings is 1. The van der Waals surface area contributed by atoms with Crippen molar-refractivity contribution in [3.63, 3.8) is 0 Å². The zero-order valence-corrected chi connectivity index (χ0v) is 11.8. The van der Waals surface area contributed by atoms with Crippen molar-refractivity contribution in [2.24, 2.45) is 5.10 Å². The molecule has 0 saturated carbocycles. The third kappa shape index (κ3) is 3.32. The van der Waals surface area contributed by atoms with Gasteiger partial charge in [-0.15, -0.1) is 0 Å². The molecular formula is C15H13ClN4O. The molecule has 1 N–H and O–H groups in total. The second kappa shape index (κ2) is 6.28. The Hall–Kier alpha value is -2.53. The Labute approximate surface area is 126 Å². The monoisotopic (exact) mass is 300 g/mol. The third-order valence-electron chi connectivity index (χ3n) is 2.94. The average Bonchev–Trinajstić information content (AvgIpc) is 3.18. The number of hydrogen-bond donors (Lipinski definition) is 1. The minimum atomic E-state index is -0.170. The SMILES string of the molecule is Clc1ccc(C(NN=Cc2ccco2)n2ccnc2)cc1. The first-order valence-corrected chi connectivity index (χ1v) is 6.76. The van der Waals surface area contributed by atoms with E-state index in [4.69, 9.17) is 16.0 Å². The zero-order valence-electron chi connectivity index (χ0n) is 11.1. The fourth-order valence-corrected chi connectivity index (χ4v) is 2.04. The van der Waals surface area contributed by atoms with Crippen LogP contribution >= 0.6 is 11.6 Å². The fourth-order valence-electron chi connectivity index (χ4n) is 1.92. The predicted molar refractivity (Wildman–Crippen MR) is 81.3 cm³/mol. The molecule has 6 heteroatoms. The number of aromatic nitrogens is 2. The molecule has 21 heavy (non-hydrogen) atoms. The third-order valence-corrected chi connectivity index (χ3v) is 3.19. The number of nitrogens with one attached hydrogen (secondary N) is 1. The molecule has 2 heterocycles. The lowest BCUT2D eigenvalue weighted by Gasteiger charge is -2.18. The summed E-state index contributed by atoms with van der Waals surface area (Å²) in [5, 5.41) is 4.92. The van der Waals surface area contributed by atoms with Crippen LogP contribution in [0.1, 0.15) is 17.5 Å². The van der Waals surface area contributed by atoms with Crippen LogP contribution < -0.4 is 5.43 Å². The van der Waals surface area contributed by atoms with Crippen LogP contribution in [0.4, 0.5) is 0 Å². The summed E-state index contributed by atoms with van der Waals surface area (Å²) < 4.78 is 7.12. The van der Waals surface area contributed by atoms with Crippen LogP contribution in [0.5, 0.6) is 0 Å². The van der Waals surface area contributed by atoms with Gasteiger partial charge in [0.25, 0.3) is 0 Å². The molecule has 3 aromatic rings. The summed E-state index contributed by atoms with van der Waals surface area (Å²) in [6.45, 7) is 0. The molecular weight excluding hydrogens is 288 g/mol. The van der Waals surface area contributed by atoms with Gasteiger partial charge in [-0.3, -0.25) is 5.43 Å². The van der Waals surface area contributed by atoms with Crippen LogP contribution in [-0.4, -0.2) is 15.8 Å². The lowest BCUT2D eigenvalue weighted by Crippen LogP contribution is -2.22. The molecule has 0 aliphatic rings. The Morgan fingerprint density at radius 1 is 1.29 bits per heavy atom. The van der Waals surface area contributed by atoms with Crippen LogP contribution in [0.3, 0.4) is 0 Å². The van der Waals surface area contributed by atoms with Crippen molar-refractivity contribution in [2.75, 3.05) is 0 Å². The molecule has 0 amide bonds. The first-order valence-electron chi connectivity index (χ1n) is 6.38. The summed E-state index contributed by atoms with van der Waals surface area (Å²) in [6, 6.07) is 11.2. The Morgan fingerprint density at radius 2 is 2.14 bits per heavy atom. The normalized spacial score (nSPS) is 12.6. The largest absolute Gasteiger partial charge is 0.463 e. The van der Waals surface area contributed by atoms with Crippen molar-refractivity contribution >= 4 is 17.8 Å². The van der Waals surface area contributed by atoms with Gasteiger partial charge in [0.2, 0.25) is 0 Å². The molecule has 0 fully saturated rings. The maximum absolute atomic E-state index is 5.93. The number of hydrazone groups is 1. The second-order valence-corrected chi connectivity index (χ2v) is 4.80. The molecule has 1 atom stereocenters. The topological polar surface area (TPSA) is 55.4 Å². The summed E-state index contributed by atoms with van der Waals surface area (Å²) in [5.74, 6) is 0.683. The molecule has 5 nitrogen and oxygen atoms in total. The fraction of sp³-hybridized carbons (Fsp3) is 0.0667. The summed E-state index contributed by atoms with van der Waals surface area (Å²) in [7, 11) is 0. The van der Waals surface area contributed by atoms with E-state index < -0.39 is 0 Å². The Morgan fingerprint density at radius 3 is 2.81 bits per heavy atom. The number of hydrogen-bond acceptors (Lipinski definition) is 4. The van der Waals surface area contributed by atoms with Crippen molar-refractivity contribution in [1.82, 2.24) is 15.0 Å². The van der Waals surface area contributed by atoms with Crippen molar-refractivity contribution in [3.05, 3.63) is 77.7 Å². The van der Waals surface area contributed by atoms with Gasteiger partial charge in [0.05, 0.1) is 18.8 Å². The van der Waals surface area contributed by atoms with E-state index in [0.29, 0.717) is 10.8 Å². The Balaban J connectivity index is 1.81. The van der Waals surface area contributed by atoms with Crippen molar-refractivity contribution in [1.29, 1.82) is 0 Å². The number of nitrogens with zero attached hydrogens (tertiary/aromatic N) is 3. The summed E-state index contributed by atoms with van der Waals surface area (Å²) >= 11 is 5.93. The first-order chi connectivity index (χ1) is 10.3. The highest BCUT2D eigenvalue weighted by Gasteiger charge is 2.11. The maximum Gasteiger partial charge on any atom is 0.146 e. The first kappa shape index (κ1) is 13.5. The van der Waals surface area contributed by atoms with Crippen molar-refractivity contribution in [2.45, 2.75) is 6.17 Å². The summed E-state index contributed by atoms with van der Waals surface area (Å²) in [6.07, 6.45) is 8.38. The molecule has 0 radical (unpaired) electrons. The van der Waals surface area contributed by atoms with Crippen LogP contribution in [0, 0.1) is 0 Å². The van der Waals surface area contributed by atoms with Crippen LogP contribution in [0.15, 0.2) is 70.9 Å². The predicted octanol–water partition coefficient (Wildman–Crippen LogP) is 3.30. The molecule has 1 aromatic carbocycles. The standard InChI is InChI=1S/C15H13ClN4O/c16-13-5-3-12(4-6-13)15(20-8-7-17-11-20)19-18-10-14-2-1-9-21-14/h1-11,15,19H. The molecule has 0 saturated heterocycles. The van der Waals surface area contributed by atoms with Crippen molar-refractivity contribution in [3.8, 4) is 0 Å². The summed E-state index contributed by atoms with van der Waals surface area (Å²) in [4.78, 5) is 4.07. The van der Waals surface area contributed by atoms with Gasteiger partial charge >= 0.3 is 0 Å². The number of rotatable bonds is 5. The van der Waals surface area contributed by atoms with E-state index >= 15 is 0 Å². The van der Waals surface area contributed by atoms with Gasteiger partial charge in [-0.1, -0.05) is 23.7 Å². The molecule has 1 unspecified atom stereocenters. The van der Waals surface area contributed by atoms with Crippen LogP contribution in [0.25, 0.3) is 0 Å². The highest BCUT2D eigenvalue weighted by molar-refractivity contribution is 6.30. The van der Waals surface area contributed by atoms with E-state index in [-0.39, 0.29) is 6.17 Å². The molecule has 0 aliphatic heterocycles. The molecule has 2 aromatic heterocycles. The Bertz CT molecular complexity index is 690. The van der Waals surface area contributed by atoms with Gasteiger partial charge in [-0.05, 0) is 29.8 Å². The average molecular weight is 301 g/mol. The van der Waals surface area contributed by atoms with Gasteiger partial charge in [0.1, 0.15) is 11.9 Å². The molecule has 0 spiro atoms. The van der Waals surface area contributed by atoms with Gasteiger partial charge < -0.3 is 8.98 Å². The molecule has 3 rings (SSSR count). The summed E-state index contributed by atoms with van der Waals surface area (Å²) in [5.41, 5.74) is 4.11. The van der Waals surface area contributed by atoms with Crippen LogP contribution in [-0.2, 0) is 0 Å². The van der Waals surface area contributed by atoms with Gasteiger partial charge in [0.15, 0.2) is 0 Å². The van der Waals surface area contributed by atoms with Gasteiger partial charge in [-0.25, -0.2) is 4.98 Å². The van der Waals surface area contributed by atoms with E-state index in [2.05, 4.69) is 15.5 Å². The Kier molecular flexibility index (Phi) is 4.02. The lowest BCUT2D eigenvalue weighted by atomic mass is 10.2. The highest BCUT2D eigenvalue weighted by Crippen LogP contribution is 2.18. The minimum Gasteiger partial charge on any atom is -0.463 e. The van der Waals surface area contributed by atoms with Gasteiger partial charge in [0, 0.05) is 17.4 Å². The number of halogens is 1. The number of imidazole rings is 1. The molecule has 0 aliphatic carbocycles. The maximum atomic E-state index is 5.93. The zero-order chi connectivity index (χ0) is 14.5. The smallest absolute Gasteiger partial charge is 0.146 e. The quantitative estimate of drug-likeness (QED) is 0.581. The van der Waals surface area contributed by atoms with E-state index in [0.717, 1.165) is 5.56 Å². The lowest BCUT2D eigenvalue weighted by molar-refractivity contribution is 0.482. The van der Waals surface area contributed by atoms with Crippen LogP contribution in [0.2, 0.25) is 5.02 Å². The van der Waals surface area contributed by atoms with E-state index in [1.165, 1.54) is 0 Å². The van der Waals surface area contributed by atoms with E-state index in [9.17, 15) is 0 Å². The number of benzene rings is 1. The minimum absolute atomic E-state index is 0.170. The second-order valence-electron chi connectivity index (χ2n) is 4.37. The van der Waals surface area contributed by atoms with Crippen molar-refractivity contribution < 1.29 is 4.42 Å². The van der Waals surface area contributed by atoms with E-state index in [1.54, 1.807) is 25.0 Å². The molecule has 0 bridgehead atoms. The molecule has 106 valence electrons. The highest BCUT2D eigenvalue weighted by atomic mass is 35.5.